The number of amides is 1. The van der Waals surface area contributed by atoms with Crippen LogP contribution in [0.2, 0.25) is 0 Å². The molecule has 2 aliphatic heterocycles. The highest BCUT2D eigenvalue weighted by molar-refractivity contribution is 5.82. The van der Waals surface area contributed by atoms with Gasteiger partial charge in [-0.25, -0.2) is 4.79 Å². The summed E-state index contributed by atoms with van der Waals surface area (Å²) < 4.78 is 16.5. The molecule has 2 atom stereocenters. The van der Waals surface area contributed by atoms with Crippen molar-refractivity contribution in [2.24, 2.45) is 0 Å². The SMILES string of the molecule is O=C(NCc1cccc2c1OCCCO2)[C@@H]1CC[C@H](C(=O)O)O1. The van der Waals surface area contributed by atoms with Gasteiger partial charge in [0.25, 0.3) is 0 Å². The molecule has 7 nitrogen and oxygen atoms in total. The van der Waals surface area contributed by atoms with E-state index < -0.39 is 18.2 Å². The maximum atomic E-state index is 12.1. The molecule has 1 fully saturated rings. The lowest BCUT2D eigenvalue weighted by molar-refractivity contribution is -0.151. The molecule has 0 radical (unpaired) electrons. The third-order valence-electron chi connectivity index (χ3n) is 3.89. The number of carboxylic acid groups (broad SMARTS) is 1. The quantitative estimate of drug-likeness (QED) is 0.862. The van der Waals surface area contributed by atoms with E-state index in [4.69, 9.17) is 19.3 Å². The van der Waals surface area contributed by atoms with Crippen molar-refractivity contribution in [2.75, 3.05) is 13.2 Å². The van der Waals surface area contributed by atoms with Crippen LogP contribution in [0.4, 0.5) is 0 Å². The second-order valence-corrected chi connectivity index (χ2v) is 5.54. The lowest BCUT2D eigenvalue weighted by Gasteiger charge is -2.15. The Hall–Kier alpha value is -2.28. The van der Waals surface area contributed by atoms with Crippen LogP contribution in [-0.4, -0.2) is 42.4 Å². The number of para-hydroxylation sites is 1. The number of hydrogen-bond donors (Lipinski definition) is 2. The van der Waals surface area contributed by atoms with Gasteiger partial charge in [-0.3, -0.25) is 4.79 Å². The minimum Gasteiger partial charge on any atom is -0.490 e. The van der Waals surface area contributed by atoms with Crippen molar-refractivity contribution in [1.82, 2.24) is 5.32 Å². The van der Waals surface area contributed by atoms with Crippen LogP contribution in [0.25, 0.3) is 0 Å². The van der Waals surface area contributed by atoms with Gasteiger partial charge < -0.3 is 24.6 Å². The monoisotopic (exact) mass is 321 g/mol. The topological polar surface area (TPSA) is 94.1 Å². The summed E-state index contributed by atoms with van der Waals surface area (Å²) in [6, 6.07) is 5.55. The minimum atomic E-state index is -1.03. The summed E-state index contributed by atoms with van der Waals surface area (Å²) in [6.07, 6.45) is -0.0287. The lowest BCUT2D eigenvalue weighted by atomic mass is 10.1. The van der Waals surface area contributed by atoms with E-state index >= 15 is 0 Å². The summed E-state index contributed by atoms with van der Waals surface area (Å²) in [5.41, 5.74) is 0.825. The van der Waals surface area contributed by atoms with E-state index in [2.05, 4.69) is 5.32 Å². The van der Waals surface area contributed by atoms with Crippen LogP contribution in [-0.2, 0) is 20.9 Å². The van der Waals surface area contributed by atoms with E-state index in [1.807, 2.05) is 18.2 Å². The molecule has 1 aromatic rings. The Kier molecular flexibility index (Phi) is 4.66. The predicted octanol–water partition coefficient (Wildman–Crippen LogP) is 1.10. The van der Waals surface area contributed by atoms with Gasteiger partial charge in [0.15, 0.2) is 17.6 Å². The average Bonchev–Trinajstić information content (AvgIpc) is 2.92. The van der Waals surface area contributed by atoms with E-state index in [1.54, 1.807) is 0 Å². The molecule has 0 aromatic heterocycles. The summed E-state index contributed by atoms with van der Waals surface area (Å²) in [6.45, 7) is 1.46. The first-order valence-corrected chi connectivity index (χ1v) is 7.68. The number of aliphatic carboxylic acids is 1. The smallest absolute Gasteiger partial charge is 0.332 e. The zero-order valence-electron chi connectivity index (χ0n) is 12.6. The van der Waals surface area contributed by atoms with E-state index in [0.717, 1.165) is 12.0 Å². The van der Waals surface area contributed by atoms with Crippen LogP contribution in [0.5, 0.6) is 11.5 Å². The van der Waals surface area contributed by atoms with Gasteiger partial charge in [0, 0.05) is 18.5 Å². The molecule has 2 aliphatic rings. The first-order chi connectivity index (χ1) is 11.1. The molecule has 0 spiro atoms. The summed E-state index contributed by atoms with van der Waals surface area (Å²) in [5.74, 6) is -0.00141. The van der Waals surface area contributed by atoms with Gasteiger partial charge in [-0.1, -0.05) is 12.1 Å². The maximum absolute atomic E-state index is 12.1. The molecule has 1 amide bonds. The third kappa shape index (κ3) is 3.56. The molecule has 7 heteroatoms. The fraction of sp³-hybridized carbons (Fsp3) is 0.500. The molecule has 1 saturated heterocycles. The summed E-state index contributed by atoms with van der Waals surface area (Å²) in [4.78, 5) is 23.0. The van der Waals surface area contributed by atoms with Crippen molar-refractivity contribution in [1.29, 1.82) is 0 Å². The Morgan fingerprint density at radius 2 is 1.96 bits per heavy atom. The van der Waals surface area contributed by atoms with Crippen LogP contribution < -0.4 is 14.8 Å². The highest BCUT2D eigenvalue weighted by Gasteiger charge is 2.34. The number of carbonyl (C=O) groups excluding carboxylic acids is 1. The number of ether oxygens (including phenoxy) is 3. The molecule has 1 aromatic carbocycles. The van der Waals surface area contributed by atoms with Crippen molar-refractivity contribution in [3.63, 3.8) is 0 Å². The van der Waals surface area contributed by atoms with Gasteiger partial charge in [0.1, 0.15) is 6.10 Å². The molecular formula is C16H19NO6. The highest BCUT2D eigenvalue weighted by Crippen LogP contribution is 2.33. The van der Waals surface area contributed by atoms with Gasteiger partial charge in [-0.15, -0.1) is 0 Å². The highest BCUT2D eigenvalue weighted by atomic mass is 16.5. The minimum absolute atomic E-state index is 0.281. The van der Waals surface area contributed by atoms with Crippen molar-refractivity contribution < 1.29 is 28.9 Å². The number of carbonyl (C=O) groups is 2. The summed E-state index contributed by atoms with van der Waals surface area (Å²) >= 11 is 0. The standard InChI is InChI=1S/C16H19NO6/c18-15(12-5-6-13(23-12)16(19)20)17-9-10-3-1-4-11-14(10)22-8-2-7-21-11/h1,3-4,12-13H,2,5-9H2,(H,17,18)(H,19,20)/t12-,13+/m0/s1. The fourth-order valence-corrected chi connectivity index (χ4v) is 2.70. The Labute approximate surface area is 133 Å². The van der Waals surface area contributed by atoms with Gasteiger partial charge in [0.2, 0.25) is 5.91 Å². The van der Waals surface area contributed by atoms with Crippen LogP contribution in [0.1, 0.15) is 24.8 Å². The Balaban J connectivity index is 1.60. The molecule has 0 aliphatic carbocycles. The summed E-state index contributed by atoms with van der Waals surface area (Å²) in [7, 11) is 0. The Morgan fingerprint density at radius 1 is 1.17 bits per heavy atom. The molecule has 0 saturated carbocycles. The predicted molar refractivity (Wildman–Crippen MR) is 79.4 cm³/mol. The summed E-state index contributed by atoms with van der Waals surface area (Å²) in [5, 5.41) is 11.7. The fourth-order valence-electron chi connectivity index (χ4n) is 2.70. The van der Waals surface area contributed by atoms with Crippen molar-refractivity contribution in [3.8, 4) is 11.5 Å². The molecule has 0 bridgehead atoms. The zero-order valence-corrected chi connectivity index (χ0v) is 12.6. The first kappa shape index (κ1) is 15.6. The Morgan fingerprint density at radius 3 is 2.74 bits per heavy atom. The van der Waals surface area contributed by atoms with Gasteiger partial charge in [0.05, 0.1) is 13.2 Å². The number of carboxylic acids is 1. The largest absolute Gasteiger partial charge is 0.490 e. The second kappa shape index (κ2) is 6.87. The molecule has 3 rings (SSSR count). The van der Waals surface area contributed by atoms with E-state index in [-0.39, 0.29) is 12.5 Å². The maximum Gasteiger partial charge on any atom is 0.332 e. The number of benzene rings is 1. The third-order valence-corrected chi connectivity index (χ3v) is 3.89. The zero-order chi connectivity index (χ0) is 16.2. The number of nitrogens with one attached hydrogen (secondary N) is 1. The van der Waals surface area contributed by atoms with Gasteiger partial charge in [-0.2, -0.15) is 0 Å². The van der Waals surface area contributed by atoms with Crippen LogP contribution in [0.3, 0.4) is 0 Å². The molecule has 0 unspecified atom stereocenters. The number of hydrogen-bond acceptors (Lipinski definition) is 5. The van der Waals surface area contributed by atoms with Crippen molar-refractivity contribution in [3.05, 3.63) is 23.8 Å². The molecule has 124 valence electrons. The number of fused-ring (bicyclic) bond motifs is 1. The molecule has 2 heterocycles. The number of rotatable bonds is 4. The van der Waals surface area contributed by atoms with Gasteiger partial charge in [-0.05, 0) is 18.9 Å². The first-order valence-electron chi connectivity index (χ1n) is 7.68. The van der Waals surface area contributed by atoms with Crippen LogP contribution in [0.15, 0.2) is 18.2 Å². The Bertz CT molecular complexity index is 602. The second-order valence-electron chi connectivity index (χ2n) is 5.54. The normalized spacial score (nSPS) is 23.1. The molecule has 2 N–H and O–H groups in total. The van der Waals surface area contributed by atoms with Crippen LogP contribution >= 0.6 is 0 Å². The van der Waals surface area contributed by atoms with E-state index in [0.29, 0.717) is 37.6 Å². The van der Waals surface area contributed by atoms with Crippen molar-refractivity contribution >= 4 is 11.9 Å². The lowest BCUT2D eigenvalue weighted by Crippen LogP contribution is -2.35. The molecule has 23 heavy (non-hydrogen) atoms. The van der Waals surface area contributed by atoms with Crippen molar-refractivity contribution in [2.45, 2.75) is 38.0 Å². The molecular weight excluding hydrogens is 302 g/mol. The van der Waals surface area contributed by atoms with Gasteiger partial charge >= 0.3 is 5.97 Å². The van der Waals surface area contributed by atoms with E-state index in [9.17, 15) is 9.59 Å². The van der Waals surface area contributed by atoms with E-state index in [1.165, 1.54) is 0 Å². The van der Waals surface area contributed by atoms with Crippen LogP contribution in [0, 0.1) is 0 Å². The average molecular weight is 321 g/mol.